The van der Waals surface area contributed by atoms with Gasteiger partial charge in [-0.2, -0.15) is 36.9 Å². The molecule has 0 unspecified atom stereocenters. The Morgan fingerprint density at radius 1 is 0.646 bits per heavy atom. The third-order valence-corrected chi connectivity index (χ3v) is 11.8. The number of nitrogens with one attached hydrogen (secondary N) is 1. The summed E-state index contributed by atoms with van der Waals surface area (Å²) in [6, 6.07) is 14.3. The molecule has 8 rings (SSSR count). The smallest absolute Gasteiger partial charge is 0.419 e. The number of rotatable bonds is 10. The molecule has 6 heterocycles. The number of nitrogens with zero attached hydrogens (tertiary/aromatic N) is 9. The number of alkyl halides is 8. The lowest BCUT2D eigenvalue weighted by Gasteiger charge is -2.34. The van der Waals surface area contributed by atoms with Gasteiger partial charge in [0, 0.05) is 51.2 Å². The van der Waals surface area contributed by atoms with Crippen molar-refractivity contribution in [3.63, 3.8) is 0 Å². The molecule has 0 bridgehead atoms. The summed E-state index contributed by atoms with van der Waals surface area (Å²) in [4.78, 5) is 18.6. The van der Waals surface area contributed by atoms with Gasteiger partial charge < -0.3 is 28.8 Å². The molecule has 0 atom stereocenters. The van der Waals surface area contributed by atoms with Crippen molar-refractivity contribution in [2.45, 2.75) is 62.2 Å². The highest BCUT2D eigenvalue weighted by Gasteiger charge is 2.38. The van der Waals surface area contributed by atoms with Gasteiger partial charge in [-0.3, -0.25) is 0 Å². The molecule has 0 amide bonds. The number of ether oxygens (including phenoxy) is 2. The largest absolute Gasteiger partial charge is 0.493 e. The quantitative estimate of drug-likeness (QED) is 0.132. The van der Waals surface area contributed by atoms with E-state index < -0.39 is 34.8 Å². The maximum absolute atomic E-state index is 14.9. The second-order valence-corrected chi connectivity index (χ2v) is 16.4. The lowest BCUT2D eigenvalue weighted by Crippen LogP contribution is -2.40. The molecule has 2 aliphatic heterocycles. The van der Waals surface area contributed by atoms with Gasteiger partial charge in [0.1, 0.15) is 46.0 Å². The Kier molecular flexibility index (Phi) is 13.3. The average Bonchev–Trinajstić information content (AvgIpc) is 3.85. The number of aromatic nitrogens is 6. The zero-order chi connectivity index (χ0) is 46.7. The van der Waals surface area contributed by atoms with E-state index in [1.165, 1.54) is 36.9 Å². The molecule has 2 aromatic carbocycles. The third-order valence-electron chi connectivity index (χ3n) is 11.8. The summed E-state index contributed by atoms with van der Waals surface area (Å²) in [5.74, 6) is -0.717. The first kappa shape index (κ1) is 46.6. The molecule has 65 heavy (non-hydrogen) atoms. The number of pyridine rings is 2. The van der Waals surface area contributed by atoms with Crippen molar-refractivity contribution < 1.29 is 44.6 Å². The number of aryl methyl sites for hydroxylation is 2. The Bertz CT molecular complexity index is 2760. The fourth-order valence-electron chi connectivity index (χ4n) is 7.86. The number of nitriles is 2. The molecule has 342 valence electrons. The number of piperidine rings is 2. The van der Waals surface area contributed by atoms with Crippen molar-refractivity contribution in [2.24, 2.45) is 14.1 Å². The van der Waals surface area contributed by atoms with E-state index in [4.69, 9.17) is 9.47 Å². The standard InChI is InChI=1S/C23H23F4N5O.C22H21F4N5O/c1-31-8-5-22(24,6-9-31)7-10-33-20-4-3-15(11-16(20)23(25,26)27)17-12-19-21(18(13-28)30-17)29-14-32(19)2;1-31-13-29-20-17(12-27)30-16(11-18(20)31)14-2-3-19(15(10-14)22(24,25)26)32-9-6-21(23)4-7-28-8-5-21/h3-4,11-12,14H,5-10H2,1-2H3;2-3,10-11,13,28H,4-9H2,1H3. The number of fused-ring (bicyclic) bond motifs is 2. The van der Waals surface area contributed by atoms with Crippen LogP contribution in [-0.4, -0.2) is 91.7 Å². The third kappa shape index (κ3) is 10.6. The normalized spacial score (nSPS) is 16.4. The van der Waals surface area contributed by atoms with Gasteiger partial charge in [0.2, 0.25) is 0 Å². The van der Waals surface area contributed by atoms with Gasteiger partial charge >= 0.3 is 12.4 Å². The summed E-state index contributed by atoms with van der Waals surface area (Å²) < 4.78 is 126. The second kappa shape index (κ2) is 18.6. The van der Waals surface area contributed by atoms with Crippen LogP contribution >= 0.6 is 0 Å². The Balaban J connectivity index is 0.000000194. The number of hydrogen-bond donors (Lipinski definition) is 1. The van der Waals surface area contributed by atoms with Crippen LogP contribution in [0, 0.1) is 22.7 Å². The first-order valence-electron chi connectivity index (χ1n) is 20.7. The van der Waals surface area contributed by atoms with Crippen molar-refractivity contribution in [3.05, 3.63) is 83.7 Å². The van der Waals surface area contributed by atoms with Crippen LogP contribution in [0.2, 0.25) is 0 Å². The number of hydrogen-bond acceptors (Lipinski definition) is 10. The molecular formula is C45H44F8N10O2. The van der Waals surface area contributed by atoms with Crippen LogP contribution in [0.15, 0.2) is 61.2 Å². The highest BCUT2D eigenvalue weighted by Crippen LogP contribution is 2.41. The first-order valence-corrected chi connectivity index (χ1v) is 20.7. The summed E-state index contributed by atoms with van der Waals surface area (Å²) >= 11 is 0. The molecule has 20 heteroatoms. The van der Waals surface area contributed by atoms with Crippen molar-refractivity contribution in [1.29, 1.82) is 10.5 Å². The van der Waals surface area contributed by atoms with E-state index in [1.807, 2.05) is 24.1 Å². The maximum atomic E-state index is 14.9. The van der Waals surface area contributed by atoms with Gasteiger partial charge in [0.25, 0.3) is 0 Å². The molecule has 2 aliphatic rings. The Morgan fingerprint density at radius 2 is 1.06 bits per heavy atom. The Hall–Kier alpha value is -6.38. The van der Waals surface area contributed by atoms with Crippen molar-refractivity contribution in [1.82, 2.24) is 39.3 Å². The van der Waals surface area contributed by atoms with E-state index in [9.17, 15) is 45.6 Å². The van der Waals surface area contributed by atoms with Gasteiger partial charge in [-0.05, 0) is 94.4 Å². The molecule has 0 radical (unpaired) electrons. The minimum absolute atomic E-state index is 0.0258. The zero-order valence-corrected chi connectivity index (χ0v) is 35.6. The van der Waals surface area contributed by atoms with Crippen LogP contribution in [-0.2, 0) is 26.4 Å². The second-order valence-electron chi connectivity index (χ2n) is 16.4. The Morgan fingerprint density at radius 3 is 1.46 bits per heavy atom. The molecule has 6 aromatic rings. The zero-order valence-electron chi connectivity index (χ0n) is 35.6. The summed E-state index contributed by atoms with van der Waals surface area (Å²) in [6.07, 6.45) is -4.99. The Labute approximate surface area is 368 Å². The van der Waals surface area contributed by atoms with Crippen LogP contribution in [0.25, 0.3) is 44.6 Å². The molecule has 2 fully saturated rings. The van der Waals surface area contributed by atoms with Gasteiger partial charge in [0.05, 0.1) is 59.4 Å². The molecule has 4 aromatic heterocycles. The fraction of sp³-hybridized carbons (Fsp3) is 0.422. The predicted octanol–water partition coefficient (Wildman–Crippen LogP) is 9.11. The van der Waals surface area contributed by atoms with Gasteiger partial charge in [-0.15, -0.1) is 0 Å². The summed E-state index contributed by atoms with van der Waals surface area (Å²) in [5, 5.41) is 21.8. The van der Waals surface area contributed by atoms with Crippen LogP contribution < -0.4 is 14.8 Å². The van der Waals surface area contributed by atoms with E-state index in [1.54, 1.807) is 35.4 Å². The molecule has 0 aliphatic carbocycles. The van der Waals surface area contributed by atoms with E-state index in [-0.39, 0.29) is 71.5 Å². The van der Waals surface area contributed by atoms with Crippen molar-refractivity contribution in [3.8, 4) is 46.2 Å². The highest BCUT2D eigenvalue weighted by atomic mass is 19.4. The lowest BCUT2D eigenvalue weighted by molar-refractivity contribution is -0.139. The molecule has 1 N–H and O–H groups in total. The fourth-order valence-corrected chi connectivity index (χ4v) is 7.86. The van der Waals surface area contributed by atoms with Crippen LogP contribution in [0.5, 0.6) is 11.5 Å². The number of imidazole rings is 2. The predicted molar refractivity (Wildman–Crippen MR) is 224 cm³/mol. The number of likely N-dealkylation sites (tertiary alicyclic amines) is 1. The monoisotopic (exact) mass is 908 g/mol. The van der Waals surface area contributed by atoms with Gasteiger partial charge in [-0.25, -0.2) is 28.7 Å². The number of benzene rings is 2. The molecule has 2 saturated heterocycles. The van der Waals surface area contributed by atoms with E-state index in [2.05, 4.69) is 25.3 Å². The van der Waals surface area contributed by atoms with Gasteiger partial charge in [-0.1, -0.05) is 0 Å². The molecule has 0 saturated carbocycles. The summed E-state index contributed by atoms with van der Waals surface area (Å²) in [7, 11) is 5.35. The van der Waals surface area contributed by atoms with E-state index in [0.29, 0.717) is 73.9 Å². The minimum Gasteiger partial charge on any atom is -0.493 e. The van der Waals surface area contributed by atoms with E-state index >= 15 is 0 Å². The molecule has 12 nitrogen and oxygen atoms in total. The number of halogens is 8. The van der Waals surface area contributed by atoms with Gasteiger partial charge in [0.15, 0.2) is 11.4 Å². The summed E-state index contributed by atoms with van der Waals surface area (Å²) in [5.41, 5.74) is -2.02. The minimum atomic E-state index is -4.68. The first-order chi connectivity index (χ1) is 30.8. The molecule has 0 spiro atoms. The van der Waals surface area contributed by atoms with E-state index in [0.717, 1.165) is 12.1 Å². The van der Waals surface area contributed by atoms with Crippen molar-refractivity contribution >= 4 is 22.1 Å². The maximum Gasteiger partial charge on any atom is 0.419 e. The van der Waals surface area contributed by atoms with Crippen LogP contribution in [0.4, 0.5) is 35.1 Å². The van der Waals surface area contributed by atoms with Crippen LogP contribution in [0.1, 0.15) is 61.0 Å². The molecular weight excluding hydrogens is 865 g/mol. The highest BCUT2D eigenvalue weighted by molar-refractivity contribution is 5.85. The lowest BCUT2D eigenvalue weighted by atomic mass is 9.91. The van der Waals surface area contributed by atoms with Crippen LogP contribution in [0.3, 0.4) is 0 Å². The summed E-state index contributed by atoms with van der Waals surface area (Å²) in [6.45, 7) is 1.99. The SMILES string of the molecule is CN1CCC(F)(CCOc2ccc(-c3cc4c(ncn4C)c(C#N)n3)cc2C(F)(F)F)CC1.Cn1cnc2c(C#N)nc(-c3ccc(OCCC4(F)CCNCC4)c(C(F)(F)F)c3)cc21. The average molecular weight is 909 g/mol. The topological polar surface area (TPSA) is 143 Å². The van der Waals surface area contributed by atoms with Crippen molar-refractivity contribution in [2.75, 3.05) is 46.4 Å².